The Labute approximate surface area is 143 Å². The van der Waals surface area contributed by atoms with Crippen LogP contribution >= 0.6 is 36.7 Å². The van der Waals surface area contributed by atoms with Crippen molar-refractivity contribution < 1.29 is 41.3 Å². The zero-order valence-electron chi connectivity index (χ0n) is 6.26. The van der Waals surface area contributed by atoms with E-state index in [2.05, 4.69) is 91.7 Å². The van der Waals surface area contributed by atoms with E-state index in [1.807, 2.05) is 0 Å². The summed E-state index contributed by atoms with van der Waals surface area (Å²) >= 11 is 24.8. The average Bonchev–Trinajstić information content (AvgIpc) is 1.54. The first kappa shape index (κ1) is 24.1. The first-order valence-corrected chi connectivity index (χ1v) is 4.54. The third kappa shape index (κ3) is 653. The van der Waals surface area contributed by atoms with Crippen molar-refractivity contribution in [3.63, 3.8) is 0 Å². The summed E-state index contributed by atoms with van der Waals surface area (Å²) in [6, 6.07) is 0. The van der Waals surface area contributed by atoms with Crippen LogP contribution in [-0.4, -0.2) is 13.0 Å². The molecule has 0 fully saturated rings. The molecule has 0 radical (unpaired) electrons. The predicted octanol–water partition coefficient (Wildman–Crippen LogP) is -0.669. The molecular formula is C3H6N3PrS6. The van der Waals surface area contributed by atoms with Gasteiger partial charge in [-0.15, -0.1) is 0 Å². The van der Waals surface area contributed by atoms with Crippen molar-refractivity contribution in [1.82, 2.24) is 0 Å². The summed E-state index contributed by atoms with van der Waals surface area (Å²) in [5.74, 6) is 0. The van der Waals surface area contributed by atoms with Gasteiger partial charge in [-0.1, -0.05) is 13.0 Å². The van der Waals surface area contributed by atoms with Crippen LogP contribution in [0.1, 0.15) is 0 Å². The van der Waals surface area contributed by atoms with Crippen LogP contribution in [0.5, 0.6) is 0 Å². The fourth-order valence-electron chi connectivity index (χ4n) is 0. The molecular weight excluding hydrogens is 411 g/mol. The second kappa shape index (κ2) is 19.3. The molecule has 0 atom stereocenters. The van der Waals surface area contributed by atoms with Crippen molar-refractivity contribution in [1.29, 1.82) is 0 Å². The molecule has 0 heterocycles. The van der Waals surface area contributed by atoms with Gasteiger partial charge < -0.3 is 91.7 Å². The number of hydrogen-bond acceptors (Lipinski definition) is 6. The van der Waals surface area contributed by atoms with Gasteiger partial charge in [0, 0.05) is 0 Å². The minimum Gasteiger partial charge on any atom is -0.415 e. The fourth-order valence-corrected chi connectivity index (χ4v) is 0. The molecule has 10 heteroatoms. The molecule has 0 rings (SSSR count). The molecule has 0 saturated heterocycles. The van der Waals surface area contributed by atoms with Crippen molar-refractivity contribution in [2.75, 3.05) is 0 Å². The summed E-state index contributed by atoms with van der Waals surface area (Å²) in [7, 11) is 0. The molecule has 0 saturated carbocycles. The number of rotatable bonds is 0. The maximum absolute atomic E-state index is 4.66. The molecule has 0 aromatic carbocycles. The Kier molecular flexibility index (Phi) is 35.8. The minimum atomic E-state index is 0. The normalized spacial score (nSPS) is 5.54. The third-order valence-electron chi connectivity index (χ3n) is 0. The first-order chi connectivity index (χ1) is 5.20. The van der Waals surface area contributed by atoms with Gasteiger partial charge in [-0.2, -0.15) is 0 Å². The molecule has 0 aromatic rings. The van der Waals surface area contributed by atoms with Gasteiger partial charge in [0.05, 0.1) is 0 Å². The van der Waals surface area contributed by atoms with Crippen LogP contribution in [0.4, 0.5) is 0 Å². The second-order valence-corrected chi connectivity index (χ2v) is 4.37. The smallest absolute Gasteiger partial charge is 0.415 e. The summed E-state index contributed by atoms with van der Waals surface area (Å²) in [6.45, 7) is 0. The quantitative estimate of drug-likeness (QED) is 0.351. The molecule has 0 aliphatic carbocycles. The van der Waals surface area contributed by atoms with E-state index >= 15 is 0 Å². The second-order valence-electron chi connectivity index (χ2n) is 0.957. The van der Waals surface area contributed by atoms with E-state index in [0.717, 1.165) is 0 Å². The number of thiocarbonyl (C=S) groups is 3. The SMILES string of the molecule is NC(=S)[S-].NC(=S)[S-].NC(=S)[S-].[Pr+3]. The van der Waals surface area contributed by atoms with Crippen molar-refractivity contribution in [2.45, 2.75) is 0 Å². The minimum absolute atomic E-state index is 0. The largest absolute Gasteiger partial charge is 3.00 e. The van der Waals surface area contributed by atoms with Gasteiger partial charge in [-0.25, -0.2) is 0 Å². The Bertz CT molecular complexity index is 121. The monoisotopic (exact) mass is 417 g/mol. The maximum atomic E-state index is 4.66. The molecule has 0 amide bonds. The molecule has 0 unspecified atom stereocenters. The molecule has 0 bridgehead atoms. The van der Waals surface area contributed by atoms with Crippen LogP contribution in [-0.2, 0) is 37.9 Å². The van der Waals surface area contributed by atoms with E-state index in [4.69, 9.17) is 0 Å². The third-order valence-corrected chi connectivity index (χ3v) is 0. The van der Waals surface area contributed by atoms with Crippen molar-refractivity contribution in [2.24, 2.45) is 17.2 Å². The predicted molar refractivity (Wildman–Crippen MR) is 72.5 cm³/mol. The van der Waals surface area contributed by atoms with Gasteiger partial charge in [0.25, 0.3) is 0 Å². The summed E-state index contributed by atoms with van der Waals surface area (Å²) in [4.78, 5) is 0. The fraction of sp³-hybridized carbons (Fsp3) is 0. The number of hydrogen-bond donors (Lipinski definition) is 3. The summed E-state index contributed by atoms with van der Waals surface area (Å²) < 4.78 is 0.250. The van der Waals surface area contributed by atoms with Crippen LogP contribution in [0, 0.1) is 41.3 Å². The molecule has 6 N–H and O–H groups in total. The maximum Gasteiger partial charge on any atom is 3.00 e. The van der Waals surface area contributed by atoms with Crippen LogP contribution < -0.4 is 17.2 Å². The zero-order valence-corrected chi connectivity index (χ0v) is 14.9. The zero-order chi connectivity index (χ0) is 10.7. The molecule has 72 valence electrons. The van der Waals surface area contributed by atoms with E-state index in [9.17, 15) is 0 Å². The summed E-state index contributed by atoms with van der Waals surface area (Å²) in [6.07, 6.45) is 0. The standard InChI is InChI=1S/3CH3NS2.Pr/c3*2-1(3)4;/h3*(H3,2,3,4);/q;;;+3/p-3. The van der Waals surface area contributed by atoms with E-state index in [0.29, 0.717) is 0 Å². The van der Waals surface area contributed by atoms with Gasteiger partial charge in [0.1, 0.15) is 0 Å². The Morgan fingerprint density at radius 1 is 0.692 bits per heavy atom. The van der Waals surface area contributed by atoms with Crippen molar-refractivity contribution in [3.05, 3.63) is 0 Å². The number of nitrogens with two attached hydrogens (primary N) is 3. The molecule has 13 heavy (non-hydrogen) atoms. The Morgan fingerprint density at radius 2 is 0.692 bits per heavy atom. The molecule has 0 aliphatic rings. The topological polar surface area (TPSA) is 78.1 Å². The van der Waals surface area contributed by atoms with E-state index in [-0.39, 0.29) is 54.3 Å². The summed E-state index contributed by atoms with van der Waals surface area (Å²) in [5, 5.41) is 0. The first-order valence-electron chi connectivity index (χ1n) is 2.09. The van der Waals surface area contributed by atoms with Gasteiger partial charge in [0.15, 0.2) is 0 Å². The van der Waals surface area contributed by atoms with E-state index < -0.39 is 0 Å². The van der Waals surface area contributed by atoms with Crippen LogP contribution in [0.3, 0.4) is 0 Å². The van der Waals surface area contributed by atoms with Gasteiger partial charge >= 0.3 is 41.3 Å². The van der Waals surface area contributed by atoms with Gasteiger partial charge in [0.2, 0.25) is 0 Å². The van der Waals surface area contributed by atoms with E-state index in [1.54, 1.807) is 0 Å². The molecule has 0 aliphatic heterocycles. The molecule has 0 spiro atoms. The van der Waals surface area contributed by atoms with Crippen molar-refractivity contribution >= 4 is 87.5 Å². The Hall–Kier alpha value is 1.69. The van der Waals surface area contributed by atoms with Crippen LogP contribution in [0.25, 0.3) is 0 Å². The van der Waals surface area contributed by atoms with Crippen molar-refractivity contribution in [3.8, 4) is 0 Å². The van der Waals surface area contributed by atoms with Gasteiger partial charge in [-0.3, -0.25) is 0 Å². The van der Waals surface area contributed by atoms with Crippen LogP contribution in [0.15, 0.2) is 0 Å². The molecule has 0 aromatic heterocycles. The van der Waals surface area contributed by atoms with Crippen LogP contribution in [0.2, 0.25) is 0 Å². The molecule has 3 nitrogen and oxygen atoms in total. The Balaban J connectivity index is -0.0000000450. The summed E-state index contributed by atoms with van der Waals surface area (Å²) in [5.41, 5.74) is 14.0. The van der Waals surface area contributed by atoms with Gasteiger partial charge in [-0.05, 0) is 0 Å². The average molecular weight is 417 g/mol. The Morgan fingerprint density at radius 3 is 0.692 bits per heavy atom. The van der Waals surface area contributed by atoms with E-state index in [1.165, 1.54) is 0 Å².